The molecular formula is C16H32N2O. The van der Waals surface area contributed by atoms with Crippen molar-refractivity contribution >= 4 is 0 Å². The lowest BCUT2D eigenvalue weighted by molar-refractivity contribution is 0.0259. The van der Waals surface area contributed by atoms with Crippen molar-refractivity contribution in [1.29, 1.82) is 0 Å². The van der Waals surface area contributed by atoms with Crippen LogP contribution in [0.1, 0.15) is 47.0 Å². The van der Waals surface area contributed by atoms with Gasteiger partial charge in [0.1, 0.15) is 0 Å². The Morgan fingerprint density at radius 2 is 2.00 bits per heavy atom. The van der Waals surface area contributed by atoms with Crippen molar-refractivity contribution in [2.45, 2.75) is 59.2 Å². The van der Waals surface area contributed by atoms with Crippen LogP contribution in [0.3, 0.4) is 0 Å². The van der Waals surface area contributed by atoms with E-state index < -0.39 is 0 Å². The maximum Gasteiger partial charge on any atom is 0.0707 e. The Bertz CT molecular complexity index is 278. The Labute approximate surface area is 119 Å². The topological polar surface area (TPSA) is 24.5 Å². The largest absolute Gasteiger partial charge is 0.372 e. The number of ether oxygens (including phenoxy) is 1. The van der Waals surface area contributed by atoms with E-state index in [1.54, 1.807) is 0 Å². The predicted octanol–water partition coefficient (Wildman–Crippen LogP) is 2.51. The van der Waals surface area contributed by atoms with Gasteiger partial charge in [-0.3, -0.25) is 0 Å². The highest BCUT2D eigenvalue weighted by Gasteiger charge is 2.33. The molecule has 0 saturated carbocycles. The zero-order valence-corrected chi connectivity index (χ0v) is 13.2. The molecule has 0 aliphatic carbocycles. The van der Waals surface area contributed by atoms with E-state index in [1.165, 1.54) is 32.4 Å². The molecule has 0 radical (unpaired) electrons. The van der Waals surface area contributed by atoms with Crippen LogP contribution in [0.15, 0.2) is 0 Å². The average molecular weight is 268 g/mol. The third-order valence-corrected chi connectivity index (χ3v) is 4.34. The molecule has 0 aromatic carbocycles. The van der Waals surface area contributed by atoms with E-state index in [2.05, 4.69) is 37.9 Å². The van der Waals surface area contributed by atoms with E-state index in [0.29, 0.717) is 17.6 Å². The number of rotatable bonds is 6. The number of hydrogen-bond acceptors (Lipinski definition) is 3. The minimum absolute atomic E-state index is 0.444. The van der Waals surface area contributed by atoms with Crippen molar-refractivity contribution in [3.8, 4) is 0 Å². The molecule has 0 aromatic rings. The summed E-state index contributed by atoms with van der Waals surface area (Å²) in [6, 6.07) is 0. The second-order valence-electron chi connectivity index (χ2n) is 7.66. The van der Waals surface area contributed by atoms with Crippen molar-refractivity contribution in [3.05, 3.63) is 0 Å². The molecule has 2 atom stereocenters. The second kappa shape index (κ2) is 6.55. The fourth-order valence-corrected chi connectivity index (χ4v) is 3.27. The molecule has 2 aliphatic heterocycles. The first-order chi connectivity index (χ1) is 8.94. The van der Waals surface area contributed by atoms with Crippen molar-refractivity contribution in [3.63, 3.8) is 0 Å². The Balaban J connectivity index is 1.62. The molecule has 2 rings (SSSR count). The quantitative estimate of drug-likeness (QED) is 0.801. The van der Waals surface area contributed by atoms with Gasteiger partial charge in [-0.25, -0.2) is 0 Å². The van der Waals surface area contributed by atoms with E-state index in [4.69, 9.17) is 4.74 Å². The van der Waals surface area contributed by atoms with Gasteiger partial charge < -0.3 is 15.0 Å². The van der Waals surface area contributed by atoms with E-state index in [1.807, 2.05) is 0 Å². The van der Waals surface area contributed by atoms with Gasteiger partial charge in [-0.05, 0) is 43.7 Å². The second-order valence-corrected chi connectivity index (χ2v) is 7.66. The monoisotopic (exact) mass is 268 g/mol. The summed E-state index contributed by atoms with van der Waals surface area (Å²) in [7, 11) is 0. The molecule has 0 bridgehead atoms. The molecule has 0 amide bonds. The number of hydrogen-bond donors (Lipinski definition) is 1. The lowest BCUT2D eigenvalue weighted by atomic mass is 9.93. The minimum Gasteiger partial charge on any atom is -0.372 e. The van der Waals surface area contributed by atoms with Crippen LogP contribution in [0, 0.1) is 11.3 Å². The summed E-state index contributed by atoms with van der Waals surface area (Å²) in [5, 5.41) is 3.52. The molecular weight excluding hydrogens is 236 g/mol. The lowest BCUT2D eigenvalue weighted by Gasteiger charge is -2.23. The van der Waals surface area contributed by atoms with Crippen molar-refractivity contribution in [1.82, 2.24) is 10.2 Å². The Morgan fingerprint density at radius 1 is 1.26 bits per heavy atom. The fraction of sp³-hybridized carbons (Fsp3) is 1.00. The third-order valence-electron chi connectivity index (χ3n) is 4.34. The first kappa shape index (κ1) is 15.3. The summed E-state index contributed by atoms with van der Waals surface area (Å²) < 4.78 is 6.17. The molecule has 2 heterocycles. The van der Waals surface area contributed by atoms with Gasteiger partial charge in [0.2, 0.25) is 0 Å². The number of nitrogens with one attached hydrogen (secondary N) is 1. The molecule has 19 heavy (non-hydrogen) atoms. The zero-order chi connectivity index (χ0) is 13.9. The van der Waals surface area contributed by atoms with E-state index in [9.17, 15) is 0 Å². The number of likely N-dealkylation sites (tertiary alicyclic amines) is 1. The predicted molar refractivity (Wildman–Crippen MR) is 80.4 cm³/mol. The van der Waals surface area contributed by atoms with Crippen LogP contribution in [0.5, 0.6) is 0 Å². The normalized spacial score (nSPS) is 31.4. The highest BCUT2D eigenvalue weighted by atomic mass is 16.5. The van der Waals surface area contributed by atoms with Gasteiger partial charge in [-0.2, -0.15) is 0 Å². The molecule has 2 saturated heterocycles. The van der Waals surface area contributed by atoms with Gasteiger partial charge in [0.15, 0.2) is 0 Å². The van der Waals surface area contributed by atoms with Crippen molar-refractivity contribution in [2.24, 2.45) is 11.3 Å². The highest BCUT2D eigenvalue weighted by molar-refractivity contribution is 4.86. The maximum atomic E-state index is 6.17. The van der Waals surface area contributed by atoms with Crippen LogP contribution < -0.4 is 5.32 Å². The molecule has 1 N–H and O–H groups in total. The van der Waals surface area contributed by atoms with Crippen LogP contribution in [-0.2, 0) is 4.74 Å². The lowest BCUT2D eigenvalue weighted by Crippen LogP contribution is -2.34. The molecule has 112 valence electrons. The zero-order valence-electron chi connectivity index (χ0n) is 13.2. The smallest absolute Gasteiger partial charge is 0.0707 e. The molecule has 0 aromatic heterocycles. The third kappa shape index (κ3) is 5.05. The summed E-state index contributed by atoms with van der Waals surface area (Å²) in [6.07, 6.45) is 4.72. The Kier molecular flexibility index (Phi) is 5.27. The molecule has 2 fully saturated rings. The van der Waals surface area contributed by atoms with Gasteiger partial charge in [0.05, 0.1) is 12.2 Å². The van der Waals surface area contributed by atoms with E-state index in [-0.39, 0.29) is 0 Å². The summed E-state index contributed by atoms with van der Waals surface area (Å²) in [5.41, 5.74) is 0.511. The number of nitrogens with zero attached hydrogens (tertiary/aromatic N) is 1. The fourth-order valence-electron chi connectivity index (χ4n) is 3.27. The van der Waals surface area contributed by atoms with E-state index >= 15 is 0 Å². The van der Waals surface area contributed by atoms with E-state index in [0.717, 1.165) is 25.6 Å². The van der Waals surface area contributed by atoms with Crippen LogP contribution in [0.25, 0.3) is 0 Å². The summed E-state index contributed by atoms with van der Waals surface area (Å²) in [5.74, 6) is 0.726. The summed E-state index contributed by atoms with van der Waals surface area (Å²) in [4.78, 5) is 2.59. The van der Waals surface area contributed by atoms with Gasteiger partial charge in [-0.15, -0.1) is 0 Å². The van der Waals surface area contributed by atoms with Crippen LogP contribution in [0.2, 0.25) is 0 Å². The molecule has 0 spiro atoms. The summed E-state index contributed by atoms with van der Waals surface area (Å²) >= 11 is 0. The van der Waals surface area contributed by atoms with Crippen molar-refractivity contribution in [2.75, 3.05) is 32.7 Å². The van der Waals surface area contributed by atoms with Crippen molar-refractivity contribution < 1.29 is 4.74 Å². The standard InChI is InChI=1S/C16H32N2O/c1-13(2)9-17-10-14-5-6-15(19-14)11-18-8-7-16(3,4)12-18/h13-15,17H,5-12H2,1-4H3. The van der Waals surface area contributed by atoms with Crippen LogP contribution in [0.4, 0.5) is 0 Å². The SMILES string of the molecule is CC(C)CNCC1CCC(CN2CCC(C)(C)C2)O1. The maximum absolute atomic E-state index is 6.17. The van der Waals surface area contributed by atoms with Crippen LogP contribution >= 0.6 is 0 Å². The summed E-state index contributed by atoms with van der Waals surface area (Å²) in [6.45, 7) is 15.0. The Morgan fingerprint density at radius 3 is 2.63 bits per heavy atom. The Hall–Kier alpha value is -0.120. The molecule has 3 nitrogen and oxygen atoms in total. The molecule has 2 unspecified atom stereocenters. The first-order valence-corrected chi connectivity index (χ1v) is 8.03. The van der Waals surface area contributed by atoms with Gasteiger partial charge in [0.25, 0.3) is 0 Å². The first-order valence-electron chi connectivity index (χ1n) is 8.03. The average Bonchev–Trinajstić information content (AvgIpc) is 2.86. The van der Waals surface area contributed by atoms with Crippen LogP contribution in [-0.4, -0.2) is 49.8 Å². The van der Waals surface area contributed by atoms with Gasteiger partial charge >= 0.3 is 0 Å². The van der Waals surface area contributed by atoms with Gasteiger partial charge in [-0.1, -0.05) is 27.7 Å². The van der Waals surface area contributed by atoms with Gasteiger partial charge in [0, 0.05) is 19.6 Å². The molecule has 3 heteroatoms. The minimum atomic E-state index is 0.444. The highest BCUT2D eigenvalue weighted by Crippen LogP contribution is 2.30. The molecule has 2 aliphatic rings.